The van der Waals surface area contributed by atoms with Crippen LogP contribution in [0.25, 0.3) is 0 Å². The van der Waals surface area contributed by atoms with Crippen molar-refractivity contribution in [1.29, 1.82) is 0 Å². The highest BCUT2D eigenvalue weighted by Crippen LogP contribution is 2.36. The summed E-state index contributed by atoms with van der Waals surface area (Å²) in [6.07, 6.45) is 2.45. The van der Waals surface area contributed by atoms with Crippen LogP contribution in [0.15, 0.2) is 46.8 Å². The van der Waals surface area contributed by atoms with E-state index in [0.717, 1.165) is 23.5 Å². The molecule has 0 aliphatic carbocycles. The molecular formula is C24H22Cl2FN3O5S2. The molecule has 0 amide bonds. The van der Waals surface area contributed by atoms with Gasteiger partial charge in [-0.3, -0.25) is 14.4 Å². The Morgan fingerprint density at radius 1 is 1.27 bits per heavy atom. The minimum Gasteiger partial charge on any atom is -0.480 e. The lowest BCUT2D eigenvalue weighted by atomic mass is 10.1. The van der Waals surface area contributed by atoms with Crippen molar-refractivity contribution < 1.29 is 27.4 Å². The van der Waals surface area contributed by atoms with Crippen LogP contribution in [0.1, 0.15) is 18.9 Å². The molecule has 0 fully saturated rings. The van der Waals surface area contributed by atoms with E-state index >= 15 is 0 Å². The van der Waals surface area contributed by atoms with Gasteiger partial charge in [0.2, 0.25) is 0 Å². The number of halogens is 3. The molecule has 1 heterocycles. The zero-order valence-corrected chi connectivity index (χ0v) is 22.6. The SMILES string of the molecule is CC#CCN(CCCc1cc(Cl)ccc1Oc1cc(F)c(S(=O)(=O)Nc2nccs2)cc1Cl)CC(=O)O. The van der Waals surface area contributed by atoms with Crippen LogP contribution in [-0.4, -0.2) is 49.0 Å². The molecule has 0 saturated carbocycles. The van der Waals surface area contributed by atoms with Crippen LogP contribution in [0.3, 0.4) is 0 Å². The molecule has 196 valence electrons. The standard InChI is InChI=1S/C24H22Cl2FN3O5S2/c1-2-3-9-30(15-23(31)32)10-4-5-16-12-17(25)6-7-20(16)35-21-14-19(27)22(13-18(21)26)37(33,34)29-24-28-8-11-36-24/h6-8,11-14H,4-5,9-10,15H2,1H3,(H,28,29)(H,31,32). The fourth-order valence-electron chi connectivity index (χ4n) is 3.29. The smallest absolute Gasteiger partial charge is 0.317 e. The lowest BCUT2D eigenvalue weighted by molar-refractivity contribution is -0.138. The summed E-state index contributed by atoms with van der Waals surface area (Å²) in [6, 6.07) is 6.74. The number of rotatable bonds is 12. The summed E-state index contributed by atoms with van der Waals surface area (Å²) in [5.41, 5.74) is 0.683. The third kappa shape index (κ3) is 8.31. The van der Waals surface area contributed by atoms with Gasteiger partial charge in [-0.2, -0.15) is 0 Å². The van der Waals surface area contributed by atoms with Crippen molar-refractivity contribution >= 4 is 55.7 Å². The van der Waals surface area contributed by atoms with E-state index in [0.29, 0.717) is 42.3 Å². The lowest BCUT2D eigenvalue weighted by Gasteiger charge is -2.18. The second-order valence-electron chi connectivity index (χ2n) is 7.64. The van der Waals surface area contributed by atoms with Crippen LogP contribution in [0.5, 0.6) is 11.5 Å². The van der Waals surface area contributed by atoms with E-state index in [9.17, 15) is 17.6 Å². The molecule has 3 rings (SSSR count). The number of carboxylic acid groups (broad SMARTS) is 1. The van der Waals surface area contributed by atoms with Crippen molar-refractivity contribution in [2.75, 3.05) is 24.4 Å². The van der Waals surface area contributed by atoms with E-state index in [1.807, 2.05) is 0 Å². The van der Waals surface area contributed by atoms with Crippen LogP contribution in [0, 0.1) is 17.7 Å². The molecule has 0 saturated heterocycles. The summed E-state index contributed by atoms with van der Waals surface area (Å²) in [7, 11) is -4.27. The van der Waals surface area contributed by atoms with Crippen LogP contribution in [0.4, 0.5) is 9.52 Å². The highest BCUT2D eigenvalue weighted by molar-refractivity contribution is 7.93. The second kappa shape index (κ2) is 13.1. The van der Waals surface area contributed by atoms with Gasteiger partial charge >= 0.3 is 5.97 Å². The third-order valence-electron chi connectivity index (χ3n) is 4.93. The van der Waals surface area contributed by atoms with E-state index in [-0.39, 0.29) is 22.4 Å². The number of nitrogens with one attached hydrogen (secondary N) is 1. The molecule has 2 N–H and O–H groups in total. The first-order chi connectivity index (χ1) is 17.6. The molecular weight excluding hydrogens is 564 g/mol. The number of benzene rings is 2. The summed E-state index contributed by atoms with van der Waals surface area (Å²) >= 11 is 13.5. The quantitative estimate of drug-likeness (QED) is 0.269. The van der Waals surface area contributed by atoms with Gasteiger partial charge in [0.25, 0.3) is 10.0 Å². The van der Waals surface area contributed by atoms with Crippen molar-refractivity contribution in [3.63, 3.8) is 0 Å². The maximum atomic E-state index is 14.9. The Bertz CT molecular complexity index is 1420. The zero-order valence-electron chi connectivity index (χ0n) is 19.5. The van der Waals surface area contributed by atoms with Crippen LogP contribution < -0.4 is 9.46 Å². The number of anilines is 1. The van der Waals surface area contributed by atoms with E-state index in [1.165, 1.54) is 6.20 Å². The van der Waals surface area contributed by atoms with Gasteiger partial charge in [0, 0.05) is 29.2 Å². The molecule has 13 heteroatoms. The van der Waals surface area contributed by atoms with Crippen LogP contribution in [0.2, 0.25) is 10.0 Å². The Balaban J connectivity index is 1.78. The van der Waals surface area contributed by atoms with Crippen molar-refractivity contribution in [3.8, 4) is 23.3 Å². The number of hydrogen-bond acceptors (Lipinski definition) is 7. The lowest BCUT2D eigenvalue weighted by Crippen LogP contribution is -2.31. The predicted octanol–water partition coefficient (Wildman–Crippen LogP) is 5.52. The number of carboxylic acids is 1. The normalized spacial score (nSPS) is 11.2. The molecule has 1 aromatic heterocycles. The molecule has 0 radical (unpaired) electrons. The minimum atomic E-state index is -4.27. The molecule has 0 spiro atoms. The van der Waals surface area contributed by atoms with Crippen LogP contribution in [-0.2, 0) is 21.2 Å². The summed E-state index contributed by atoms with van der Waals surface area (Å²) in [4.78, 5) is 16.0. The molecule has 8 nitrogen and oxygen atoms in total. The number of ether oxygens (including phenoxy) is 1. The Kier molecular flexibility index (Phi) is 10.1. The zero-order chi connectivity index (χ0) is 27.0. The first-order valence-corrected chi connectivity index (χ1v) is 13.9. The van der Waals surface area contributed by atoms with Gasteiger partial charge in [-0.05, 0) is 49.6 Å². The average Bonchev–Trinajstić information content (AvgIpc) is 3.33. The van der Waals surface area contributed by atoms with Gasteiger partial charge < -0.3 is 9.84 Å². The Morgan fingerprint density at radius 3 is 2.73 bits per heavy atom. The van der Waals surface area contributed by atoms with Gasteiger partial charge in [0.15, 0.2) is 5.13 Å². The Labute approximate surface area is 228 Å². The fraction of sp³-hybridized carbons (Fsp3) is 0.250. The number of aromatic nitrogens is 1. The number of aryl methyl sites for hydroxylation is 1. The van der Waals surface area contributed by atoms with E-state index in [2.05, 4.69) is 21.5 Å². The van der Waals surface area contributed by atoms with E-state index < -0.39 is 26.7 Å². The van der Waals surface area contributed by atoms with Crippen molar-refractivity contribution in [2.24, 2.45) is 0 Å². The molecule has 37 heavy (non-hydrogen) atoms. The monoisotopic (exact) mass is 585 g/mol. The van der Waals surface area contributed by atoms with Crippen LogP contribution >= 0.6 is 34.5 Å². The number of nitrogens with zero attached hydrogens (tertiary/aromatic N) is 2. The number of thiazole rings is 1. The van der Waals surface area contributed by atoms with Gasteiger partial charge in [0.05, 0.1) is 18.1 Å². The average molecular weight is 586 g/mol. The first-order valence-electron chi connectivity index (χ1n) is 10.8. The number of sulfonamides is 1. The molecule has 3 aromatic rings. The van der Waals surface area contributed by atoms with Gasteiger partial charge in [-0.25, -0.2) is 17.8 Å². The maximum absolute atomic E-state index is 14.9. The Hall–Kier alpha value is -2.88. The van der Waals surface area contributed by atoms with Gasteiger partial charge in [-0.1, -0.05) is 29.1 Å². The fourth-order valence-corrected chi connectivity index (χ4v) is 5.63. The molecule has 0 aliphatic heterocycles. The second-order valence-corrected chi connectivity index (χ2v) is 11.0. The first kappa shape index (κ1) is 28.7. The highest BCUT2D eigenvalue weighted by Gasteiger charge is 2.23. The van der Waals surface area contributed by atoms with E-state index in [4.69, 9.17) is 33.0 Å². The third-order valence-corrected chi connectivity index (χ3v) is 7.63. The molecule has 0 unspecified atom stereocenters. The number of hydrogen-bond donors (Lipinski definition) is 2. The Morgan fingerprint density at radius 2 is 2.05 bits per heavy atom. The predicted molar refractivity (Wildman–Crippen MR) is 142 cm³/mol. The minimum absolute atomic E-state index is 0.0818. The topological polar surface area (TPSA) is 109 Å². The number of carbonyl (C=O) groups is 1. The summed E-state index contributed by atoms with van der Waals surface area (Å²) in [5, 5.41) is 11.1. The summed E-state index contributed by atoms with van der Waals surface area (Å²) in [5.74, 6) is 3.87. The van der Waals surface area contributed by atoms with Crippen molar-refractivity contribution in [3.05, 3.63) is 63.3 Å². The summed E-state index contributed by atoms with van der Waals surface area (Å²) < 4.78 is 48.1. The molecule has 2 aromatic carbocycles. The molecule has 0 aliphatic rings. The maximum Gasteiger partial charge on any atom is 0.317 e. The highest BCUT2D eigenvalue weighted by atomic mass is 35.5. The van der Waals surface area contributed by atoms with Gasteiger partial charge in [0.1, 0.15) is 22.2 Å². The summed E-state index contributed by atoms with van der Waals surface area (Å²) in [6.45, 7) is 2.32. The van der Waals surface area contributed by atoms with Crippen molar-refractivity contribution in [1.82, 2.24) is 9.88 Å². The largest absolute Gasteiger partial charge is 0.480 e. The molecule has 0 bridgehead atoms. The molecule has 0 atom stereocenters. The van der Waals surface area contributed by atoms with E-state index in [1.54, 1.807) is 35.4 Å². The van der Waals surface area contributed by atoms with Gasteiger partial charge in [-0.15, -0.1) is 17.3 Å². The number of aliphatic carboxylic acids is 1. The van der Waals surface area contributed by atoms with Crippen molar-refractivity contribution in [2.45, 2.75) is 24.7 Å².